The lowest BCUT2D eigenvalue weighted by molar-refractivity contribution is -0.121. The molecular weight excluding hydrogens is 264 g/mol. The minimum absolute atomic E-state index is 0.108. The Hall–Kier alpha value is -1.55. The molecule has 0 heterocycles. The molecule has 0 aliphatic rings. The van der Waals surface area contributed by atoms with Gasteiger partial charge in [-0.1, -0.05) is 26.0 Å². The summed E-state index contributed by atoms with van der Waals surface area (Å²) < 4.78 is 5.60. The van der Waals surface area contributed by atoms with E-state index < -0.39 is 0 Å². The molecular formula is C17H28N2O2. The van der Waals surface area contributed by atoms with Crippen LogP contribution in [0, 0.1) is 0 Å². The van der Waals surface area contributed by atoms with Gasteiger partial charge in [-0.25, -0.2) is 0 Å². The van der Waals surface area contributed by atoms with E-state index in [4.69, 9.17) is 4.74 Å². The second-order valence-electron chi connectivity index (χ2n) is 5.30. The molecule has 0 spiro atoms. The van der Waals surface area contributed by atoms with Crippen molar-refractivity contribution >= 4 is 5.91 Å². The number of carbonyl (C=O) groups excluding carboxylic acids is 1. The average molecular weight is 292 g/mol. The summed E-state index contributed by atoms with van der Waals surface area (Å²) in [4.78, 5) is 11.6. The normalized spacial score (nSPS) is 12.0. The van der Waals surface area contributed by atoms with E-state index in [0.29, 0.717) is 13.0 Å². The Bertz CT molecular complexity index is 421. The number of hydrogen-bond acceptors (Lipinski definition) is 3. The van der Waals surface area contributed by atoms with Crippen molar-refractivity contribution in [3.8, 4) is 5.75 Å². The molecule has 0 fully saturated rings. The van der Waals surface area contributed by atoms with E-state index in [2.05, 4.69) is 30.5 Å². The molecule has 21 heavy (non-hydrogen) atoms. The average Bonchev–Trinajstić information content (AvgIpc) is 2.49. The number of benzene rings is 1. The van der Waals surface area contributed by atoms with Gasteiger partial charge in [0.15, 0.2) is 0 Å². The summed E-state index contributed by atoms with van der Waals surface area (Å²) in [6, 6.07) is 8.33. The molecule has 1 unspecified atom stereocenters. The Morgan fingerprint density at radius 1 is 1.33 bits per heavy atom. The van der Waals surface area contributed by atoms with Gasteiger partial charge < -0.3 is 15.4 Å². The molecule has 1 aromatic rings. The predicted octanol–water partition coefficient (Wildman–Crippen LogP) is 2.87. The van der Waals surface area contributed by atoms with Gasteiger partial charge in [-0.2, -0.15) is 0 Å². The minimum Gasteiger partial charge on any atom is -0.494 e. The number of nitrogens with one attached hydrogen (secondary N) is 2. The Balaban J connectivity index is 2.24. The summed E-state index contributed by atoms with van der Waals surface area (Å²) in [6.45, 7) is 8.36. The second-order valence-corrected chi connectivity index (χ2v) is 5.30. The van der Waals surface area contributed by atoms with Gasteiger partial charge in [0, 0.05) is 25.6 Å². The van der Waals surface area contributed by atoms with Crippen molar-refractivity contribution in [1.29, 1.82) is 0 Å². The fourth-order valence-electron chi connectivity index (χ4n) is 1.85. The van der Waals surface area contributed by atoms with Gasteiger partial charge >= 0.3 is 0 Å². The molecule has 1 amide bonds. The standard InChI is InChI=1S/C17H28N2O2/c1-4-11-21-16-8-6-7-15(12-16)13-18-10-9-17(20)19-14(3)5-2/h6-8,12,14,18H,4-5,9-11,13H2,1-3H3,(H,19,20). The van der Waals surface area contributed by atoms with Crippen LogP contribution in [0.2, 0.25) is 0 Å². The zero-order valence-electron chi connectivity index (χ0n) is 13.4. The van der Waals surface area contributed by atoms with Gasteiger partial charge in [-0.05, 0) is 37.5 Å². The Kier molecular flexibility index (Phi) is 8.51. The highest BCUT2D eigenvalue weighted by atomic mass is 16.5. The van der Waals surface area contributed by atoms with Crippen LogP contribution in [-0.4, -0.2) is 25.1 Å². The largest absolute Gasteiger partial charge is 0.494 e. The van der Waals surface area contributed by atoms with Gasteiger partial charge in [-0.15, -0.1) is 0 Å². The summed E-state index contributed by atoms with van der Waals surface area (Å²) in [6.07, 6.45) is 2.48. The number of hydrogen-bond donors (Lipinski definition) is 2. The van der Waals surface area contributed by atoms with Crippen molar-refractivity contribution in [1.82, 2.24) is 10.6 Å². The Morgan fingerprint density at radius 3 is 2.86 bits per heavy atom. The Labute approximate surface area is 128 Å². The number of rotatable bonds is 10. The van der Waals surface area contributed by atoms with Crippen molar-refractivity contribution < 1.29 is 9.53 Å². The van der Waals surface area contributed by atoms with Crippen molar-refractivity contribution in [3.63, 3.8) is 0 Å². The SMILES string of the molecule is CCCOc1cccc(CNCCC(=O)NC(C)CC)c1. The van der Waals surface area contributed by atoms with Crippen molar-refractivity contribution in [2.45, 2.75) is 52.6 Å². The van der Waals surface area contributed by atoms with E-state index in [0.717, 1.165) is 31.7 Å². The topological polar surface area (TPSA) is 50.4 Å². The molecule has 4 heteroatoms. The zero-order chi connectivity index (χ0) is 15.5. The van der Waals surface area contributed by atoms with Crippen LogP contribution in [0.5, 0.6) is 5.75 Å². The van der Waals surface area contributed by atoms with Crippen molar-refractivity contribution in [2.24, 2.45) is 0 Å². The van der Waals surface area contributed by atoms with E-state index in [1.165, 1.54) is 5.56 Å². The quantitative estimate of drug-likeness (QED) is 0.652. The number of amides is 1. The van der Waals surface area contributed by atoms with Crippen LogP contribution < -0.4 is 15.4 Å². The number of ether oxygens (including phenoxy) is 1. The molecule has 1 rings (SSSR count). The zero-order valence-corrected chi connectivity index (χ0v) is 13.4. The monoisotopic (exact) mass is 292 g/mol. The number of carbonyl (C=O) groups is 1. The minimum atomic E-state index is 0.108. The van der Waals surface area contributed by atoms with Gasteiger partial charge in [0.1, 0.15) is 5.75 Å². The fourth-order valence-corrected chi connectivity index (χ4v) is 1.85. The summed E-state index contributed by atoms with van der Waals surface area (Å²) in [5.74, 6) is 1.02. The molecule has 0 aliphatic heterocycles. The molecule has 0 aromatic heterocycles. The van der Waals surface area contributed by atoms with E-state index in [1.807, 2.05) is 25.1 Å². The lowest BCUT2D eigenvalue weighted by atomic mass is 10.2. The van der Waals surface area contributed by atoms with Gasteiger partial charge in [0.05, 0.1) is 6.61 Å². The van der Waals surface area contributed by atoms with Gasteiger partial charge in [0.2, 0.25) is 5.91 Å². The molecule has 0 bridgehead atoms. The third-order valence-electron chi connectivity index (χ3n) is 3.25. The molecule has 118 valence electrons. The first kappa shape index (κ1) is 17.5. The summed E-state index contributed by atoms with van der Waals surface area (Å²) in [7, 11) is 0. The van der Waals surface area contributed by atoms with Gasteiger partial charge in [-0.3, -0.25) is 4.79 Å². The lowest BCUT2D eigenvalue weighted by Crippen LogP contribution is -2.33. The van der Waals surface area contributed by atoms with E-state index in [-0.39, 0.29) is 11.9 Å². The molecule has 2 N–H and O–H groups in total. The van der Waals surface area contributed by atoms with Gasteiger partial charge in [0.25, 0.3) is 0 Å². The molecule has 1 aromatic carbocycles. The van der Waals surface area contributed by atoms with Crippen LogP contribution in [-0.2, 0) is 11.3 Å². The predicted molar refractivity (Wildman–Crippen MR) is 86.4 cm³/mol. The van der Waals surface area contributed by atoms with Crippen LogP contribution in [0.25, 0.3) is 0 Å². The van der Waals surface area contributed by atoms with Crippen LogP contribution in [0.15, 0.2) is 24.3 Å². The third-order valence-corrected chi connectivity index (χ3v) is 3.25. The lowest BCUT2D eigenvalue weighted by Gasteiger charge is -2.12. The highest BCUT2D eigenvalue weighted by Crippen LogP contribution is 2.13. The third kappa shape index (κ3) is 7.71. The van der Waals surface area contributed by atoms with Crippen molar-refractivity contribution in [3.05, 3.63) is 29.8 Å². The molecule has 0 saturated carbocycles. The molecule has 0 radical (unpaired) electrons. The highest BCUT2D eigenvalue weighted by Gasteiger charge is 2.04. The smallest absolute Gasteiger partial charge is 0.221 e. The Morgan fingerprint density at radius 2 is 2.14 bits per heavy atom. The molecule has 0 saturated heterocycles. The van der Waals surface area contributed by atoms with E-state index in [9.17, 15) is 4.79 Å². The summed E-state index contributed by atoms with van der Waals surface area (Å²) in [5, 5.41) is 6.25. The highest BCUT2D eigenvalue weighted by molar-refractivity contribution is 5.76. The van der Waals surface area contributed by atoms with Crippen LogP contribution in [0.3, 0.4) is 0 Å². The van der Waals surface area contributed by atoms with E-state index in [1.54, 1.807) is 0 Å². The first-order valence-corrected chi connectivity index (χ1v) is 7.87. The van der Waals surface area contributed by atoms with Crippen molar-refractivity contribution in [2.75, 3.05) is 13.2 Å². The maximum Gasteiger partial charge on any atom is 0.221 e. The van der Waals surface area contributed by atoms with Crippen LogP contribution in [0.4, 0.5) is 0 Å². The first-order valence-electron chi connectivity index (χ1n) is 7.87. The summed E-state index contributed by atoms with van der Waals surface area (Å²) in [5.41, 5.74) is 1.17. The summed E-state index contributed by atoms with van der Waals surface area (Å²) >= 11 is 0. The molecule has 4 nitrogen and oxygen atoms in total. The molecule has 0 aliphatic carbocycles. The van der Waals surface area contributed by atoms with Crippen LogP contribution >= 0.6 is 0 Å². The maximum atomic E-state index is 11.6. The molecule has 1 atom stereocenters. The van der Waals surface area contributed by atoms with E-state index >= 15 is 0 Å². The fraction of sp³-hybridized carbons (Fsp3) is 0.588. The second kappa shape index (κ2) is 10.2. The van der Waals surface area contributed by atoms with Crippen LogP contribution in [0.1, 0.15) is 45.6 Å². The maximum absolute atomic E-state index is 11.6. The first-order chi connectivity index (χ1) is 10.2.